The van der Waals surface area contributed by atoms with Gasteiger partial charge in [-0.3, -0.25) is 0 Å². The summed E-state index contributed by atoms with van der Waals surface area (Å²) in [6.45, 7) is 3.97. The predicted octanol–water partition coefficient (Wildman–Crippen LogP) is 1.53. The summed E-state index contributed by atoms with van der Waals surface area (Å²) in [5.74, 6) is 0. The molecule has 0 amide bonds. The first-order valence-electron chi connectivity index (χ1n) is 4.31. The van der Waals surface area contributed by atoms with Gasteiger partial charge in [0.05, 0.1) is 11.7 Å². The van der Waals surface area contributed by atoms with E-state index < -0.39 is 0 Å². The molecule has 2 rings (SSSR count). The largest absolute Gasteiger partial charge is 0.322 e. The highest BCUT2D eigenvalue weighted by Crippen LogP contribution is 2.21. The third-order valence-electron chi connectivity index (χ3n) is 2.12. The molecule has 2 aromatic rings. The van der Waals surface area contributed by atoms with E-state index in [2.05, 4.69) is 5.10 Å². The van der Waals surface area contributed by atoms with Gasteiger partial charge >= 0.3 is 0 Å². The second-order valence-corrected chi connectivity index (χ2v) is 3.81. The van der Waals surface area contributed by atoms with Crippen molar-refractivity contribution in [3.8, 4) is 0 Å². The monoisotopic (exact) mass is 175 g/mol. The van der Waals surface area contributed by atoms with Crippen molar-refractivity contribution in [3.63, 3.8) is 0 Å². The van der Waals surface area contributed by atoms with Gasteiger partial charge in [-0.2, -0.15) is 5.10 Å². The summed E-state index contributed by atoms with van der Waals surface area (Å²) in [7, 11) is 0. The number of pyridine rings is 1. The van der Waals surface area contributed by atoms with Crippen LogP contribution >= 0.6 is 0 Å². The lowest BCUT2D eigenvalue weighted by Crippen LogP contribution is -2.28. The summed E-state index contributed by atoms with van der Waals surface area (Å²) in [6, 6.07) is 5.97. The Morgan fingerprint density at radius 2 is 2.15 bits per heavy atom. The molecule has 3 nitrogen and oxygen atoms in total. The Hall–Kier alpha value is -1.35. The number of fused-ring (bicyclic) bond motifs is 1. The number of hydrogen-bond donors (Lipinski definition) is 1. The molecule has 0 saturated heterocycles. The van der Waals surface area contributed by atoms with Gasteiger partial charge in [-0.1, -0.05) is 6.07 Å². The molecular formula is C10H13N3. The van der Waals surface area contributed by atoms with E-state index in [1.54, 1.807) is 0 Å². The molecule has 0 aliphatic rings. The van der Waals surface area contributed by atoms with Crippen LogP contribution in [-0.4, -0.2) is 9.61 Å². The molecule has 68 valence electrons. The first kappa shape index (κ1) is 8.26. The van der Waals surface area contributed by atoms with Gasteiger partial charge < -0.3 is 5.73 Å². The summed E-state index contributed by atoms with van der Waals surface area (Å²) < 4.78 is 1.84. The van der Waals surface area contributed by atoms with Gasteiger partial charge in [0.2, 0.25) is 0 Å². The molecule has 0 spiro atoms. The molecule has 0 fully saturated rings. The highest BCUT2D eigenvalue weighted by atomic mass is 15.2. The average molecular weight is 175 g/mol. The van der Waals surface area contributed by atoms with E-state index in [4.69, 9.17) is 5.73 Å². The molecule has 0 aliphatic carbocycles. The van der Waals surface area contributed by atoms with Crippen molar-refractivity contribution in [2.24, 2.45) is 5.73 Å². The third kappa shape index (κ3) is 1.31. The lowest BCUT2D eigenvalue weighted by atomic mass is 9.97. The van der Waals surface area contributed by atoms with E-state index in [-0.39, 0.29) is 5.54 Å². The Labute approximate surface area is 77.2 Å². The molecule has 0 aromatic carbocycles. The quantitative estimate of drug-likeness (QED) is 0.714. The predicted molar refractivity (Wildman–Crippen MR) is 52.4 cm³/mol. The summed E-state index contributed by atoms with van der Waals surface area (Å²) in [5, 5.41) is 4.22. The maximum Gasteiger partial charge on any atom is 0.0712 e. The van der Waals surface area contributed by atoms with E-state index >= 15 is 0 Å². The topological polar surface area (TPSA) is 43.3 Å². The van der Waals surface area contributed by atoms with Crippen molar-refractivity contribution >= 4 is 5.52 Å². The van der Waals surface area contributed by atoms with Crippen LogP contribution in [0.1, 0.15) is 19.4 Å². The van der Waals surface area contributed by atoms with E-state index in [9.17, 15) is 0 Å². The zero-order chi connectivity index (χ0) is 9.47. The summed E-state index contributed by atoms with van der Waals surface area (Å²) in [5.41, 5.74) is 7.84. The number of aromatic nitrogens is 2. The summed E-state index contributed by atoms with van der Waals surface area (Å²) >= 11 is 0. The Kier molecular flexibility index (Phi) is 1.63. The molecule has 0 bridgehead atoms. The lowest BCUT2D eigenvalue weighted by molar-refractivity contribution is 0.559. The normalized spacial score (nSPS) is 12.2. The van der Waals surface area contributed by atoms with Crippen molar-refractivity contribution in [2.45, 2.75) is 19.4 Å². The molecule has 2 heterocycles. The van der Waals surface area contributed by atoms with Gasteiger partial charge in [0.25, 0.3) is 0 Å². The number of nitrogens with two attached hydrogens (primary N) is 1. The van der Waals surface area contributed by atoms with Gasteiger partial charge in [0.1, 0.15) is 0 Å². The molecule has 0 saturated carbocycles. The van der Waals surface area contributed by atoms with Crippen LogP contribution < -0.4 is 5.73 Å². The Morgan fingerprint density at radius 1 is 1.38 bits per heavy atom. The molecule has 0 atom stereocenters. The lowest BCUT2D eigenvalue weighted by Gasteiger charge is -2.16. The highest BCUT2D eigenvalue weighted by Gasteiger charge is 2.18. The molecule has 0 unspecified atom stereocenters. The molecule has 0 aliphatic heterocycles. The minimum Gasteiger partial charge on any atom is -0.322 e. The van der Waals surface area contributed by atoms with E-state index in [0.29, 0.717) is 0 Å². The number of hydrogen-bond acceptors (Lipinski definition) is 2. The van der Waals surface area contributed by atoms with Crippen LogP contribution in [0.3, 0.4) is 0 Å². The summed E-state index contributed by atoms with van der Waals surface area (Å²) in [6.07, 6.45) is 3.75. The molecule has 2 N–H and O–H groups in total. The number of nitrogens with zero attached hydrogens (tertiary/aromatic N) is 2. The van der Waals surface area contributed by atoms with Crippen molar-refractivity contribution in [2.75, 3.05) is 0 Å². The smallest absolute Gasteiger partial charge is 0.0712 e. The van der Waals surface area contributed by atoms with E-state index in [0.717, 1.165) is 11.1 Å². The maximum absolute atomic E-state index is 6.01. The molecule has 3 heteroatoms. The minimum atomic E-state index is -0.330. The Balaban J connectivity index is 2.72. The second-order valence-electron chi connectivity index (χ2n) is 3.81. The fourth-order valence-corrected chi connectivity index (χ4v) is 1.43. The number of rotatable bonds is 1. The minimum absolute atomic E-state index is 0.330. The molecule has 0 radical (unpaired) electrons. The maximum atomic E-state index is 6.01. The van der Waals surface area contributed by atoms with Gasteiger partial charge in [0.15, 0.2) is 0 Å². The first-order chi connectivity index (χ1) is 6.09. The summed E-state index contributed by atoms with van der Waals surface area (Å²) in [4.78, 5) is 0. The average Bonchev–Trinajstić information content (AvgIpc) is 2.45. The SMILES string of the molecule is CC(C)(N)c1cnn2ccccc12. The fraction of sp³-hybridized carbons (Fsp3) is 0.300. The fourth-order valence-electron chi connectivity index (χ4n) is 1.43. The Bertz CT molecular complexity index is 423. The zero-order valence-corrected chi connectivity index (χ0v) is 7.86. The third-order valence-corrected chi connectivity index (χ3v) is 2.12. The molecular weight excluding hydrogens is 162 g/mol. The van der Waals surface area contributed by atoms with Crippen molar-refractivity contribution in [3.05, 3.63) is 36.2 Å². The van der Waals surface area contributed by atoms with Gasteiger partial charge in [-0.05, 0) is 26.0 Å². The van der Waals surface area contributed by atoms with Crippen LogP contribution in [0.2, 0.25) is 0 Å². The van der Waals surface area contributed by atoms with E-state index in [1.165, 1.54) is 0 Å². The van der Waals surface area contributed by atoms with Crippen LogP contribution in [0, 0.1) is 0 Å². The van der Waals surface area contributed by atoms with Crippen LogP contribution in [0.5, 0.6) is 0 Å². The van der Waals surface area contributed by atoms with Crippen LogP contribution in [0.4, 0.5) is 0 Å². The van der Waals surface area contributed by atoms with E-state index in [1.807, 2.05) is 49.0 Å². The first-order valence-corrected chi connectivity index (χ1v) is 4.31. The standard InChI is InChI=1S/C10H13N3/c1-10(2,11)8-7-12-13-6-4-3-5-9(8)13/h3-7H,11H2,1-2H3. The highest BCUT2D eigenvalue weighted by molar-refractivity contribution is 5.55. The van der Waals surface area contributed by atoms with Crippen LogP contribution in [-0.2, 0) is 5.54 Å². The van der Waals surface area contributed by atoms with Gasteiger partial charge in [-0.25, -0.2) is 4.52 Å². The second kappa shape index (κ2) is 2.57. The van der Waals surface area contributed by atoms with Crippen LogP contribution in [0.15, 0.2) is 30.6 Å². The van der Waals surface area contributed by atoms with Crippen molar-refractivity contribution in [1.82, 2.24) is 9.61 Å². The van der Waals surface area contributed by atoms with Gasteiger partial charge in [-0.15, -0.1) is 0 Å². The van der Waals surface area contributed by atoms with Crippen LogP contribution in [0.25, 0.3) is 5.52 Å². The molecule has 2 aromatic heterocycles. The van der Waals surface area contributed by atoms with Crippen molar-refractivity contribution < 1.29 is 0 Å². The molecule has 13 heavy (non-hydrogen) atoms. The Morgan fingerprint density at radius 3 is 2.85 bits per heavy atom. The van der Waals surface area contributed by atoms with Gasteiger partial charge in [0, 0.05) is 17.3 Å². The van der Waals surface area contributed by atoms with Crippen molar-refractivity contribution in [1.29, 1.82) is 0 Å². The zero-order valence-electron chi connectivity index (χ0n) is 7.86.